The number of hydrogen-bond acceptors (Lipinski definition) is 8. The number of unbranched alkanes of at least 4 members (excludes halogenated alkanes) is 3. The van der Waals surface area contributed by atoms with Gasteiger partial charge in [-0.15, -0.1) is 0 Å². The molecule has 0 spiro atoms. The molecule has 3 atom stereocenters. The van der Waals surface area contributed by atoms with Crippen molar-refractivity contribution in [2.24, 2.45) is 0 Å². The number of nitrogens with zero attached hydrogens (tertiary/aromatic N) is 3. The summed E-state index contributed by atoms with van der Waals surface area (Å²) in [5.41, 5.74) is 0.218. The second-order valence-corrected chi connectivity index (χ2v) is 12.4. The van der Waals surface area contributed by atoms with E-state index in [9.17, 15) is 37.3 Å². The van der Waals surface area contributed by atoms with Crippen LogP contribution in [0.15, 0.2) is 66.0 Å². The number of anilines is 1. The number of nitrogens with one attached hydrogen (secondary N) is 1. The highest BCUT2D eigenvalue weighted by molar-refractivity contribution is 7.86. The lowest BCUT2D eigenvalue weighted by atomic mass is 10.1. The molecule has 4 N–H and O–H groups in total. The van der Waals surface area contributed by atoms with Crippen LogP contribution in [0.5, 0.6) is 5.75 Å². The van der Waals surface area contributed by atoms with Crippen LogP contribution < -0.4 is 10.1 Å². The molecule has 0 saturated carbocycles. The van der Waals surface area contributed by atoms with Gasteiger partial charge in [0.25, 0.3) is 16.0 Å². The van der Waals surface area contributed by atoms with Crippen molar-refractivity contribution in [1.29, 1.82) is 0 Å². The number of carbonyl (C=O) groups excluding carboxylic acids is 2. The quantitative estimate of drug-likeness (QED) is 0.137. The maximum Gasteiger partial charge on any atom is 0.326 e. The van der Waals surface area contributed by atoms with E-state index in [2.05, 4.69) is 10.3 Å². The summed E-state index contributed by atoms with van der Waals surface area (Å²) in [5.74, 6) is -3.14. The third-order valence-corrected chi connectivity index (χ3v) is 8.53. The predicted molar refractivity (Wildman–Crippen MR) is 164 cm³/mol. The molecule has 2 aromatic carbocycles. The lowest BCUT2D eigenvalue weighted by Crippen LogP contribution is -2.44. The average molecular weight is 657 g/mol. The summed E-state index contributed by atoms with van der Waals surface area (Å²) in [6, 6.07) is 9.58. The summed E-state index contributed by atoms with van der Waals surface area (Å²) in [6.45, 7) is 2.03. The Morgan fingerprint density at radius 3 is 2.52 bits per heavy atom. The molecule has 1 saturated heterocycles. The summed E-state index contributed by atoms with van der Waals surface area (Å²) in [5, 5.41) is 21.6. The van der Waals surface area contributed by atoms with Gasteiger partial charge >= 0.3 is 11.9 Å². The molecule has 246 valence electrons. The van der Waals surface area contributed by atoms with Crippen molar-refractivity contribution < 1.29 is 47.1 Å². The maximum absolute atomic E-state index is 14.0. The van der Waals surface area contributed by atoms with E-state index in [1.54, 1.807) is 24.3 Å². The lowest BCUT2D eigenvalue weighted by molar-refractivity contribution is -0.149. The van der Waals surface area contributed by atoms with Gasteiger partial charge in [-0.1, -0.05) is 56.9 Å². The number of imidazole rings is 1. The molecule has 15 heteroatoms. The zero-order valence-corrected chi connectivity index (χ0v) is 25.9. The standard InChI is InChI=1S/C31H36N4O10S/c1-2-3-4-5-12-24(34-18-27(32-19-34)33-29(38)23-11-6-7-13-26(23)46(42,43)44)30(39)35-17-22(16-25(35)31(40)41)45-21-10-8-9-20(14-21)15-28(36)37/h6-11,13-14,18-19,22,24-25H,2-5,12,15-17H2,1H3,(H,33,38)(H,36,37)(H,40,41)(H,42,43,44)/t22-,24+,25-/m0/s1. The number of ether oxygens (including phenoxy) is 1. The molecule has 1 fully saturated rings. The van der Waals surface area contributed by atoms with Gasteiger partial charge in [-0.2, -0.15) is 8.42 Å². The first-order valence-electron chi connectivity index (χ1n) is 14.8. The summed E-state index contributed by atoms with van der Waals surface area (Å²) >= 11 is 0. The fourth-order valence-electron chi connectivity index (χ4n) is 5.45. The SMILES string of the molecule is CCCCCC[C@H](C(=O)N1C[C@@H](Oc2cccc(CC(=O)O)c2)C[C@H]1C(=O)O)n1cnc(NC(=O)c2ccccc2S(=O)(=O)O)c1. The van der Waals surface area contributed by atoms with Crippen LogP contribution in [0, 0.1) is 0 Å². The molecule has 0 unspecified atom stereocenters. The minimum Gasteiger partial charge on any atom is -0.488 e. The Morgan fingerprint density at radius 2 is 1.83 bits per heavy atom. The van der Waals surface area contributed by atoms with E-state index in [1.807, 2.05) is 6.92 Å². The number of carboxylic acids is 2. The zero-order chi connectivity index (χ0) is 33.4. The van der Waals surface area contributed by atoms with Gasteiger partial charge in [-0.25, -0.2) is 9.78 Å². The molecule has 3 aromatic rings. The van der Waals surface area contributed by atoms with Crippen LogP contribution in [0.2, 0.25) is 0 Å². The highest BCUT2D eigenvalue weighted by Crippen LogP contribution is 2.29. The summed E-state index contributed by atoms with van der Waals surface area (Å²) in [7, 11) is -4.68. The Morgan fingerprint density at radius 1 is 1.07 bits per heavy atom. The maximum atomic E-state index is 14.0. The van der Waals surface area contributed by atoms with E-state index < -0.39 is 57.0 Å². The summed E-state index contributed by atoms with van der Waals surface area (Å²) in [4.78, 5) is 55.2. The molecule has 1 aliphatic rings. The zero-order valence-electron chi connectivity index (χ0n) is 25.1. The van der Waals surface area contributed by atoms with Crippen LogP contribution in [0.3, 0.4) is 0 Å². The van der Waals surface area contributed by atoms with Gasteiger partial charge in [-0.3, -0.25) is 18.9 Å². The number of amides is 2. The number of benzene rings is 2. The predicted octanol–water partition coefficient (Wildman–Crippen LogP) is 3.65. The molecule has 0 aliphatic carbocycles. The van der Waals surface area contributed by atoms with Gasteiger partial charge in [0.2, 0.25) is 5.91 Å². The monoisotopic (exact) mass is 656 g/mol. The second-order valence-electron chi connectivity index (χ2n) is 11.0. The molecular formula is C31H36N4O10S. The molecule has 0 radical (unpaired) electrons. The molecule has 14 nitrogen and oxygen atoms in total. The van der Waals surface area contributed by atoms with Crippen LogP contribution >= 0.6 is 0 Å². The van der Waals surface area contributed by atoms with E-state index >= 15 is 0 Å². The molecule has 1 aromatic heterocycles. The summed E-state index contributed by atoms with van der Waals surface area (Å²) < 4.78 is 40.5. The Hall–Kier alpha value is -4.76. The number of carboxylic acid groups (broad SMARTS) is 2. The van der Waals surface area contributed by atoms with Gasteiger partial charge < -0.3 is 29.7 Å². The van der Waals surface area contributed by atoms with Crippen LogP contribution in [-0.2, 0) is 30.9 Å². The highest BCUT2D eigenvalue weighted by atomic mass is 32.2. The molecule has 0 bridgehead atoms. The fraction of sp³-hybridized carbons (Fsp3) is 0.387. The highest BCUT2D eigenvalue weighted by Gasteiger charge is 2.43. The first kappa shape index (κ1) is 34.1. The minimum absolute atomic E-state index is 0.0140. The van der Waals surface area contributed by atoms with E-state index in [0.29, 0.717) is 24.2 Å². The van der Waals surface area contributed by atoms with Gasteiger partial charge in [0.1, 0.15) is 28.8 Å². The third-order valence-electron chi connectivity index (χ3n) is 7.62. The van der Waals surface area contributed by atoms with Crippen LogP contribution in [0.1, 0.15) is 67.4 Å². The number of hydrogen-bond donors (Lipinski definition) is 4. The van der Waals surface area contributed by atoms with Crippen molar-refractivity contribution >= 4 is 39.7 Å². The van der Waals surface area contributed by atoms with Crippen LogP contribution in [-0.4, -0.2) is 80.1 Å². The van der Waals surface area contributed by atoms with Gasteiger partial charge in [-0.05, 0) is 36.2 Å². The van der Waals surface area contributed by atoms with Crippen molar-refractivity contribution in [1.82, 2.24) is 14.5 Å². The first-order chi connectivity index (χ1) is 21.9. The number of carbonyl (C=O) groups is 4. The Labute approximate surface area is 265 Å². The molecule has 4 rings (SSSR count). The van der Waals surface area contributed by atoms with E-state index in [-0.39, 0.29) is 30.8 Å². The van der Waals surface area contributed by atoms with E-state index in [1.165, 1.54) is 40.2 Å². The second kappa shape index (κ2) is 15.0. The lowest BCUT2D eigenvalue weighted by Gasteiger charge is -2.27. The van der Waals surface area contributed by atoms with Crippen molar-refractivity contribution in [3.63, 3.8) is 0 Å². The van der Waals surface area contributed by atoms with Crippen molar-refractivity contribution in [3.05, 3.63) is 72.2 Å². The Bertz CT molecular complexity index is 1690. The third kappa shape index (κ3) is 8.69. The fourth-order valence-corrected chi connectivity index (χ4v) is 6.14. The number of aromatic nitrogens is 2. The molecule has 46 heavy (non-hydrogen) atoms. The number of rotatable bonds is 15. The topological polar surface area (TPSA) is 205 Å². The van der Waals surface area contributed by atoms with Gasteiger partial charge in [0.15, 0.2) is 5.82 Å². The number of aliphatic carboxylic acids is 2. The molecule has 1 aliphatic heterocycles. The minimum atomic E-state index is -4.68. The Balaban J connectivity index is 1.54. The molecule has 2 heterocycles. The average Bonchev–Trinajstić information content (AvgIpc) is 3.64. The van der Waals surface area contributed by atoms with Crippen LogP contribution in [0.4, 0.5) is 5.82 Å². The normalized spacial score (nSPS) is 17.0. The van der Waals surface area contributed by atoms with Gasteiger partial charge in [0, 0.05) is 12.6 Å². The van der Waals surface area contributed by atoms with Crippen molar-refractivity contribution in [3.8, 4) is 5.75 Å². The number of likely N-dealkylation sites (tertiary alicyclic amines) is 1. The van der Waals surface area contributed by atoms with E-state index in [4.69, 9.17) is 9.84 Å². The smallest absolute Gasteiger partial charge is 0.326 e. The molecule has 2 amide bonds. The van der Waals surface area contributed by atoms with Crippen molar-refractivity contribution in [2.75, 3.05) is 11.9 Å². The van der Waals surface area contributed by atoms with E-state index in [0.717, 1.165) is 25.3 Å². The van der Waals surface area contributed by atoms with Gasteiger partial charge in [0.05, 0.1) is 24.9 Å². The Kier molecular flexibility index (Phi) is 11.1. The molecular weight excluding hydrogens is 620 g/mol. The first-order valence-corrected chi connectivity index (χ1v) is 16.2. The summed E-state index contributed by atoms with van der Waals surface area (Å²) in [6.07, 6.45) is 5.66. The largest absolute Gasteiger partial charge is 0.488 e. The van der Waals surface area contributed by atoms with Crippen LogP contribution in [0.25, 0.3) is 0 Å². The van der Waals surface area contributed by atoms with Crippen molar-refractivity contribution in [2.45, 2.75) is 75.0 Å².